The van der Waals surface area contributed by atoms with Gasteiger partial charge in [0.25, 0.3) is 0 Å². The Morgan fingerprint density at radius 1 is 1.07 bits per heavy atom. The fraction of sp³-hybridized carbons (Fsp3) is 0.444. The number of hydrogen-bond donors (Lipinski definition) is 2. The van der Waals surface area contributed by atoms with Crippen molar-refractivity contribution in [2.75, 3.05) is 13.2 Å². The van der Waals surface area contributed by atoms with Crippen molar-refractivity contribution in [3.63, 3.8) is 0 Å². The topological polar surface area (TPSA) is 76.0 Å². The van der Waals surface area contributed by atoms with Gasteiger partial charge in [-0.25, -0.2) is 4.79 Å². The van der Waals surface area contributed by atoms with Crippen LogP contribution in [0, 0.1) is 0 Å². The quantitative estimate of drug-likeness (QED) is 0.533. The van der Waals surface area contributed by atoms with Crippen molar-refractivity contribution in [1.29, 1.82) is 0 Å². The lowest BCUT2D eigenvalue weighted by Crippen LogP contribution is -1.97. The minimum absolute atomic E-state index is 0.125. The number of carbonyl (C=O) groups is 1. The van der Waals surface area contributed by atoms with E-state index >= 15 is 0 Å². The fourth-order valence-corrected chi connectivity index (χ4v) is 0.275. The third kappa shape index (κ3) is 17.0. The first-order valence-corrected chi connectivity index (χ1v) is 4.04. The van der Waals surface area contributed by atoms with E-state index in [1.807, 2.05) is 0 Å². The molecule has 0 unspecified atom stereocenters. The molecule has 5 heteroatoms. The zero-order chi connectivity index (χ0) is 11.2. The number of aliphatic hydroxyl groups is 2. The third-order valence-electron chi connectivity index (χ3n) is 0.701. The Labute approximate surface area is 83.3 Å². The van der Waals surface area contributed by atoms with Crippen molar-refractivity contribution in [2.24, 2.45) is 0 Å². The predicted molar refractivity (Wildman–Crippen MR) is 51.4 cm³/mol. The Morgan fingerprint density at radius 2 is 1.43 bits per heavy atom. The van der Waals surface area contributed by atoms with E-state index in [0.29, 0.717) is 0 Å². The molecule has 0 fully saturated rings. The second-order valence-corrected chi connectivity index (χ2v) is 1.87. The molecule has 0 radical (unpaired) electrons. The molecule has 5 nitrogen and oxygen atoms in total. The van der Waals surface area contributed by atoms with Gasteiger partial charge < -0.3 is 19.7 Å². The lowest BCUT2D eigenvalue weighted by atomic mass is 10.7. The maximum atomic E-state index is 10.4. The second-order valence-electron chi connectivity index (χ2n) is 1.87. The Kier molecular flexibility index (Phi) is 15.4. The average Bonchev–Trinajstić information content (AvgIpc) is 2.23. The van der Waals surface area contributed by atoms with Gasteiger partial charge in [-0.15, -0.1) is 0 Å². The largest absolute Gasteiger partial charge is 0.518 e. The van der Waals surface area contributed by atoms with Crippen LogP contribution in [-0.2, 0) is 9.47 Å². The van der Waals surface area contributed by atoms with Crippen LogP contribution in [0.1, 0.15) is 13.8 Å². The van der Waals surface area contributed by atoms with Crippen molar-refractivity contribution in [1.82, 2.24) is 0 Å². The summed E-state index contributed by atoms with van der Waals surface area (Å²) in [6.45, 7) is 3.23. The van der Waals surface area contributed by atoms with Crippen molar-refractivity contribution >= 4 is 6.16 Å². The highest BCUT2D eigenvalue weighted by Crippen LogP contribution is 1.86. The Balaban J connectivity index is 0. The van der Waals surface area contributed by atoms with E-state index in [2.05, 4.69) is 9.47 Å². The van der Waals surface area contributed by atoms with Gasteiger partial charge in [0.1, 0.15) is 0 Å². The molecule has 0 spiro atoms. The molecule has 0 saturated heterocycles. The van der Waals surface area contributed by atoms with Crippen molar-refractivity contribution in [3.05, 3.63) is 24.7 Å². The van der Waals surface area contributed by atoms with Gasteiger partial charge in [0.2, 0.25) is 0 Å². The normalized spacial score (nSPS) is 9.71. The summed E-state index contributed by atoms with van der Waals surface area (Å²) in [6, 6.07) is 0. The molecule has 2 N–H and O–H groups in total. The molecule has 0 aromatic rings. The van der Waals surface area contributed by atoms with E-state index in [0.717, 1.165) is 0 Å². The monoisotopic (exact) mass is 204 g/mol. The van der Waals surface area contributed by atoms with Crippen molar-refractivity contribution in [3.8, 4) is 0 Å². The Hall–Kier alpha value is -1.33. The smallest absolute Gasteiger partial charge is 0.403 e. The minimum Gasteiger partial charge on any atom is -0.403 e. The first-order valence-electron chi connectivity index (χ1n) is 4.04. The predicted octanol–water partition coefficient (Wildman–Crippen LogP) is 1.18. The van der Waals surface area contributed by atoms with Gasteiger partial charge in [-0.3, -0.25) is 0 Å². The summed E-state index contributed by atoms with van der Waals surface area (Å²) in [6.07, 6.45) is 4.97. The number of aliphatic hydroxyl groups excluding tert-OH is 2. The molecule has 0 aromatic heterocycles. The minimum atomic E-state index is -0.726. The highest BCUT2D eigenvalue weighted by molar-refractivity contribution is 5.61. The summed E-state index contributed by atoms with van der Waals surface area (Å²) in [5.41, 5.74) is 0. The molecule has 14 heavy (non-hydrogen) atoms. The summed E-state index contributed by atoms with van der Waals surface area (Å²) in [4.78, 5) is 10.4. The zero-order valence-electron chi connectivity index (χ0n) is 8.34. The average molecular weight is 204 g/mol. The molecule has 0 amide bonds. The van der Waals surface area contributed by atoms with Crippen LogP contribution in [0.4, 0.5) is 4.79 Å². The summed E-state index contributed by atoms with van der Waals surface area (Å²) < 4.78 is 8.80. The van der Waals surface area contributed by atoms with Crippen LogP contribution >= 0.6 is 0 Å². The lowest BCUT2D eigenvalue weighted by molar-refractivity contribution is 0.119. The summed E-state index contributed by atoms with van der Waals surface area (Å²) in [5, 5.41) is 15.2. The molecule has 0 heterocycles. The standard InChI is InChI=1S/C7H10O3.C2H6O2/c1-3-5-9-7(8)10-6-4-2;3-1-2-4/h3-6H,1-2H3;3-4H,1-2H2. The highest BCUT2D eigenvalue weighted by atomic mass is 16.7. The molecular weight excluding hydrogens is 188 g/mol. The van der Waals surface area contributed by atoms with Crippen LogP contribution in [0.2, 0.25) is 0 Å². The number of carbonyl (C=O) groups excluding carboxylic acids is 1. The summed E-state index contributed by atoms with van der Waals surface area (Å²) in [7, 11) is 0. The lowest BCUT2D eigenvalue weighted by Gasteiger charge is -1.93. The van der Waals surface area contributed by atoms with Gasteiger partial charge >= 0.3 is 6.16 Å². The van der Waals surface area contributed by atoms with Gasteiger partial charge in [-0.2, -0.15) is 0 Å². The molecule has 0 bridgehead atoms. The van der Waals surface area contributed by atoms with Crippen LogP contribution in [0.15, 0.2) is 24.7 Å². The van der Waals surface area contributed by atoms with Gasteiger partial charge in [-0.1, -0.05) is 12.2 Å². The molecule has 0 aromatic carbocycles. The second kappa shape index (κ2) is 14.2. The van der Waals surface area contributed by atoms with Gasteiger partial charge in [0.05, 0.1) is 25.7 Å². The van der Waals surface area contributed by atoms with Gasteiger partial charge in [-0.05, 0) is 13.8 Å². The van der Waals surface area contributed by atoms with E-state index < -0.39 is 6.16 Å². The van der Waals surface area contributed by atoms with E-state index in [1.54, 1.807) is 26.0 Å². The first-order chi connectivity index (χ1) is 6.72. The molecule has 0 saturated carbocycles. The summed E-state index contributed by atoms with van der Waals surface area (Å²) >= 11 is 0. The first kappa shape index (κ1) is 15.2. The zero-order valence-corrected chi connectivity index (χ0v) is 8.34. The fourth-order valence-electron chi connectivity index (χ4n) is 0.275. The summed E-state index contributed by atoms with van der Waals surface area (Å²) in [5.74, 6) is 0. The molecule has 0 aliphatic heterocycles. The third-order valence-corrected chi connectivity index (χ3v) is 0.701. The van der Waals surface area contributed by atoms with E-state index in [-0.39, 0.29) is 13.2 Å². The van der Waals surface area contributed by atoms with Crippen LogP contribution in [-0.4, -0.2) is 29.6 Å². The SMILES string of the molecule is CC=COC(=O)OC=CC.OCCO. The van der Waals surface area contributed by atoms with Crippen molar-refractivity contribution < 1.29 is 24.5 Å². The van der Waals surface area contributed by atoms with E-state index in [1.165, 1.54) is 12.5 Å². The van der Waals surface area contributed by atoms with Crippen LogP contribution in [0.25, 0.3) is 0 Å². The molecule has 0 aliphatic rings. The van der Waals surface area contributed by atoms with Crippen molar-refractivity contribution in [2.45, 2.75) is 13.8 Å². The van der Waals surface area contributed by atoms with E-state index in [4.69, 9.17) is 10.2 Å². The van der Waals surface area contributed by atoms with Gasteiger partial charge in [0.15, 0.2) is 0 Å². The Bertz CT molecular complexity index is 156. The van der Waals surface area contributed by atoms with Crippen LogP contribution < -0.4 is 0 Å². The maximum absolute atomic E-state index is 10.4. The maximum Gasteiger partial charge on any atom is 0.518 e. The van der Waals surface area contributed by atoms with Crippen LogP contribution in [0.5, 0.6) is 0 Å². The Morgan fingerprint density at radius 3 is 1.64 bits per heavy atom. The number of hydrogen-bond acceptors (Lipinski definition) is 5. The molecule has 0 rings (SSSR count). The van der Waals surface area contributed by atoms with Gasteiger partial charge in [0, 0.05) is 0 Å². The van der Waals surface area contributed by atoms with E-state index in [9.17, 15) is 4.79 Å². The number of ether oxygens (including phenoxy) is 2. The molecule has 82 valence electrons. The number of allylic oxidation sites excluding steroid dienone is 2. The molecular formula is C9H16O5. The highest BCUT2D eigenvalue weighted by Gasteiger charge is 1.94. The van der Waals surface area contributed by atoms with Crippen LogP contribution in [0.3, 0.4) is 0 Å². The molecule has 0 aliphatic carbocycles. The number of rotatable bonds is 3. The molecule has 0 atom stereocenters.